The molecular weight excluding hydrogens is 282 g/mol. The first-order valence-corrected chi connectivity index (χ1v) is 7.34. The van der Waals surface area contributed by atoms with Crippen molar-refractivity contribution in [3.05, 3.63) is 47.3 Å². The molecule has 0 radical (unpaired) electrons. The van der Waals surface area contributed by atoms with Gasteiger partial charge in [0.2, 0.25) is 0 Å². The quantitative estimate of drug-likeness (QED) is 0.908. The van der Waals surface area contributed by atoms with Gasteiger partial charge in [0.05, 0.1) is 0 Å². The number of amides is 1. The lowest BCUT2D eigenvalue weighted by molar-refractivity contribution is -0.138. The number of hydrogen-bond acceptors (Lipinski definition) is 3. The molecule has 1 unspecified atom stereocenters. The molecule has 6 nitrogen and oxygen atoms in total. The lowest BCUT2D eigenvalue weighted by Crippen LogP contribution is -2.31. The van der Waals surface area contributed by atoms with Crippen LogP contribution in [0.4, 0.5) is 5.69 Å². The van der Waals surface area contributed by atoms with Crippen molar-refractivity contribution in [2.24, 2.45) is 0 Å². The molecule has 112 valence electrons. The monoisotopic (exact) mass is 297 g/mol. The van der Waals surface area contributed by atoms with E-state index in [-0.39, 0.29) is 12.5 Å². The number of anilines is 1. The molecule has 1 atom stereocenters. The van der Waals surface area contributed by atoms with Gasteiger partial charge in [-0.2, -0.15) is 5.10 Å². The Balaban J connectivity index is 1.67. The molecule has 6 heteroatoms. The van der Waals surface area contributed by atoms with Crippen molar-refractivity contribution in [2.75, 3.05) is 11.4 Å². The van der Waals surface area contributed by atoms with E-state index in [1.807, 2.05) is 6.07 Å². The lowest BCUT2D eigenvalue weighted by atomic mass is 10.0. The third-order valence-corrected chi connectivity index (χ3v) is 4.35. The van der Waals surface area contributed by atoms with Gasteiger partial charge in [-0.05, 0) is 30.5 Å². The number of nitrogens with one attached hydrogen (secondary N) is 1. The highest BCUT2D eigenvalue weighted by Crippen LogP contribution is 2.40. The number of aliphatic carboxylic acids is 1. The van der Waals surface area contributed by atoms with Crippen LogP contribution < -0.4 is 4.90 Å². The minimum atomic E-state index is -0.913. The van der Waals surface area contributed by atoms with Crippen LogP contribution in [0.15, 0.2) is 30.3 Å². The molecule has 0 saturated heterocycles. The van der Waals surface area contributed by atoms with Gasteiger partial charge in [-0.25, -0.2) is 0 Å². The summed E-state index contributed by atoms with van der Waals surface area (Å²) in [6, 6.07) is 8.94. The van der Waals surface area contributed by atoms with Crippen LogP contribution in [0.25, 0.3) is 0 Å². The highest BCUT2D eigenvalue weighted by atomic mass is 16.4. The van der Waals surface area contributed by atoms with E-state index in [4.69, 9.17) is 0 Å². The van der Waals surface area contributed by atoms with E-state index < -0.39 is 11.9 Å². The molecule has 1 aliphatic carbocycles. The molecule has 2 heterocycles. The predicted molar refractivity (Wildman–Crippen MR) is 79.1 cm³/mol. The number of carbonyl (C=O) groups excluding carboxylic acids is 1. The third kappa shape index (κ3) is 1.99. The van der Waals surface area contributed by atoms with Crippen LogP contribution in [0.2, 0.25) is 0 Å². The topological polar surface area (TPSA) is 86.3 Å². The Hall–Kier alpha value is -2.63. The van der Waals surface area contributed by atoms with Crippen LogP contribution in [-0.4, -0.2) is 33.7 Å². The molecule has 1 aliphatic heterocycles. The van der Waals surface area contributed by atoms with Crippen LogP contribution in [0, 0.1) is 0 Å². The second-order valence-electron chi connectivity index (χ2n) is 5.85. The Bertz CT molecular complexity index is 764. The van der Waals surface area contributed by atoms with Gasteiger partial charge in [-0.15, -0.1) is 0 Å². The fourth-order valence-corrected chi connectivity index (χ4v) is 3.00. The maximum atomic E-state index is 12.7. The largest absolute Gasteiger partial charge is 0.481 e. The number of para-hydroxylation sites is 1. The number of benzene rings is 1. The van der Waals surface area contributed by atoms with Crippen LogP contribution in [0.1, 0.15) is 46.4 Å². The zero-order valence-electron chi connectivity index (χ0n) is 11.8. The molecule has 2 N–H and O–H groups in total. The SMILES string of the molecule is O=C(O)C1CN(C(=O)c2cc(C3CC3)[nH]n2)c2ccccc21. The molecule has 1 saturated carbocycles. The average Bonchev–Trinajstić information content (AvgIpc) is 3.12. The number of rotatable bonds is 3. The number of aromatic nitrogens is 2. The Morgan fingerprint density at radius 1 is 1.27 bits per heavy atom. The minimum absolute atomic E-state index is 0.152. The van der Waals surface area contributed by atoms with Gasteiger partial charge in [0.1, 0.15) is 5.92 Å². The van der Waals surface area contributed by atoms with Crippen molar-refractivity contribution in [3.8, 4) is 0 Å². The summed E-state index contributed by atoms with van der Waals surface area (Å²) in [7, 11) is 0. The zero-order valence-corrected chi connectivity index (χ0v) is 11.8. The maximum absolute atomic E-state index is 12.7. The third-order valence-electron chi connectivity index (χ3n) is 4.35. The summed E-state index contributed by atoms with van der Waals surface area (Å²) >= 11 is 0. The smallest absolute Gasteiger partial charge is 0.312 e. The van der Waals surface area contributed by atoms with E-state index >= 15 is 0 Å². The van der Waals surface area contributed by atoms with Crippen molar-refractivity contribution < 1.29 is 14.7 Å². The normalized spacial score (nSPS) is 20.0. The number of hydrogen-bond donors (Lipinski definition) is 2. The predicted octanol–water partition coefficient (Wildman–Crippen LogP) is 2.12. The molecule has 1 aromatic heterocycles. The Morgan fingerprint density at radius 2 is 2.05 bits per heavy atom. The molecule has 0 bridgehead atoms. The van der Waals surface area contributed by atoms with Crippen molar-refractivity contribution >= 4 is 17.6 Å². The lowest BCUT2D eigenvalue weighted by Gasteiger charge is -2.15. The first kappa shape index (κ1) is 13.1. The van der Waals surface area contributed by atoms with E-state index in [1.165, 1.54) is 4.90 Å². The van der Waals surface area contributed by atoms with Gasteiger partial charge in [0.25, 0.3) is 5.91 Å². The summed E-state index contributed by atoms with van der Waals surface area (Å²) in [5, 5.41) is 16.4. The van der Waals surface area contributed by atoms with E-state index in [0.29, 0.717) is 22.9 Å². The standard InChI is InChI=1S/C16H15N3O3/c20-15(13-7-12(17-18-13)9-5-6-9)19-8-11(16(21)22)10-3-1-2-4-14(10)19/h1-4,7,9,11H,5-6,8H2,(H,17,18)(H,21,22). The number of carboxylic acids is 1. The maximum Gasteiger partial charge on any atom is 0.312 e. The fraction of sp³-hybridized carbons (Fsp3) is 0.312. The van der Waals surface area contributed by atoms with Gasteiger partial charge >= 0.3 is 5.97 Å². The highest BCUT2D eigenvalue weighted by Gasteiger charge is 2.37. The van der Waals surface area contributed by atoms with Gasteiger partial charge in [-0.1, -0.05) is 18.2 Å². The number of fused-ring (bicyclic) bond motifs is 1. The number of H-pyrrole nitrogens is 1. The molecule has 2 aromatic rings. The number of carbonyl (C=O) groups is 2. The molecule has 1 aromatic carbocycles. The van der Waals surface area contributed by atoms with Gasteiger partial charge in [0, 0.05) is 23.8 Å². The summed E-state index contributed by atoms with van der Waals surface area (Å²) in [6.07, 6.45) is 2.26. The summed E-state index contributed by atoms with van der Waals surface area (Å²) in [6.45, 7) is 0.152. The molecule has 1 fully saturated rings. The molecule has 1 amide bonds. The van der Waals surface area contributed by atoms with Crippen LogP contribution in [0.5, 0.6) is 0 Å². The first-order chi connectivity index (χ1) is 10.6. The van der Waals surface area contributed by atoms with E-state index in [9.17, 15) is 14.7 Å². The first-order valence-electron chi connectivity index (χ1n) is 7.34. The summed E-state index contributed by atoms with van der Waals surface area (Å²) in [4.78, 5) is 25.6. The second kappa shape index (κ2) is 4.69. The highest BCUT2D eigenvalue weighted by molar-refractivity contribution is 6.07. The molecule has 22 heavy (non-hydrogen) atoms. The second-order valence-corrected chi connectivity index (χ2v) is 5.85. The molecular formula is C16H15N3O3. The number of aromatic amines is 1. The summed E-state index contributed by atoms with van der Waals surface area (Å²) < 4.78 is 0. The van der Waals surface area contributed by atoms with E-state index in [2.05, 4.69) is 10.2 Å². The molecule has 2 aliphatic rings. The number of nitrogens with zero attached hydrogens (tertiary/aromatic N) is 2. The van der Waals surface area contributed by atoms with E-state index in [0.717, 1.165) is 18.5 Å². The van der Waals surface area contributed by atoms with E-state index in [1.54, 1.807) is 24.3 Å². The number of carboxylic acid groups (broad SMARTS) is 1. The Morgan fingerprint density at radius 3 is 2.77 bits per heavy atom. The summed E-state index contributed by atoms with van der Waals surface area (Å²) in [5.41, 5.74) is 2.69. The van der Waals surface area contributed by atoms with Gasteiger partial charge in [0.15, 0.2) is 5.69 Å². The van der Waals surface area contributed by atoms with Crippen molar-refractivity contribution in [2.45, 2.75) is 24.7 Å². The minimum Gasteiger partial charge on any atom is -0.481 e. The van der Waals surface area contributed by atoms with Crippen LogP contribution in [-0.2, 0) is 4.79 Å². The average molecular weight is 297 g/mol. The summed E-state index contributed by atoms with van der Waals surface area (Å²) in [5.74, 6) is -1.35. The van der Waals surface area contributed by atoms with Gasteiger partial charge in [-0.3, -0.25) is 14.7 Å². The molecule has 4 rings (SSSR count). The molecule has 0 spiro atoms. The van der Waals surface area contributed by atoms with Gasteiger partial charge < -0.3 is 10.0 Å². The Labute approximate surface area is 126 Å². The Kier molecular flexibility index (Phi) is 2.79. The fourth-order valence-electron chi connectivity index (χ4n) is 3.00. The zero-order chi connectivity index (χ0) is 15.3. The van der Waals surface area contributed by atoms with Crippen molar-refractivity contribution in [1.29, 1.82) is 0 Å². The van der Waals surface area contributed by atoms with Crippen LogP contribution in [0.3, 0.4) is 0 Å². The van der Waals surface area contributed by atoms with Crippen molar-refractivity contribution in [3.63, 3.8) is 0 Å². The van der Waals surface area contributed by atoms with Crippen LogP contribution >= 0.6 is 0 Å². The van der Waals surface area contributed by atoms with Crippen molar-refractivity contribution in [1.82, 2.24) is 10.2 Å².